The molecule has 0 unspecified atom stereocenters. The van der Waals surface area contributed by atoms with E-state index < -0.39 is 0 Å². The predicted molar refractivity (Wildman–Crippen MR) is 112 cm³/mol. The first kappa shape index (κ1) is 17.5. The van der Waals surface area contributed by atoms with Gasteiger partial charge in [0.25, 0.3) is 5.91 Å². The number of amides is 2. The van der Waals surface area contributed by atoms with Gasteiger partial charge in [0.2, 0.25) is 5.91 Å². The van der Waals surface area contributed by atoms with Crippen LogP contribution in [0.5, 0.6) is 0 Å². The molecule has 2 aromatic carbocycles. The number of fused-ring (bicyclic) bond motifs is 1. The molecule has 26 heavy (non-hydrogen) atoms. The van der Waals surface area contributed by atoms with Crippen molar-refractivity contribution in [3.8, 4) is 0 Å². The second-order valence-electron chi connectivity index (χ2n) is 7.00. The highest BCUT2D eigenvalue weighted by Gasteiger charge is 2.32. The summed E-state index contributed by atoms with van der Waals surface area (Å²) in [5.74, 6) is 0.300. The molecule has 0 aromatic heterocycles. The Morgan fingerprint density at radius 3 is 2.62 bits per heavy atom. The van der Waals surface area contributed by atoms with Gasteiger partial charge in [-0.15, -0.1) is 0 Å². The summed E-state index contributed by atoms with van der Waals surface area (Å²) in [6.07, 6.45) is 5.21. The largest absolute Gasteiger partial charge is 0.322 e. The third kappa shape index (κ3) is 3.37. The summed E-state index contributed by atoms with van der Waals surface area (Å²) in [6.45, 7) is 0.749. The van der Waals surface area contributed by atoms with Gasteiger partial charge >= 0.3 is 0 Å². The fourth-order valence-corrected chi connectivity index (χ4v) is 4.56. The number of carbonyl (C=O) groups is 2. The topological polar surface area (TPSA) is 49.4 Å². The zero-order valence-electron chi connectivity index (χ0n) is 14.5. The van der Waals surface area contributed by atoms with Crippen LogP contribution in [0, 0.1) is 9.49 Å². The Morgan fingerprint density at radius 1 is 1.08 bits per heavy atom. The van der Waals surface area contributed by atoms with Gasteiger partial charge in [-0.1, -0.05) is 31.0 Å². The van der Waals surface area contributed by atoms with Gasteiger partial charge in [0.05, 0.1) is 5.56 Å². The van der Waals surface area contributed by atoms with Crippen LogP contribution in [-0.4, -0.2) is 18.4 Å². The first-order valence-corrected chi connectivity index (χ1v) is 10.2. The summed E-state index contributed by atoms with van der Waals surface area (Å²) >= 11 is 2.17. The Balaban J connectivity index is 1.55. The van der Waals surface area contributed by atoms with Crippen molar-refractivity contribution in [1.29, 1.82) is 0 Å². The summed E-state index contributed by atoms with van der Waals surface area (Å²) in [5.41, 5.74) is 3.54. The number of hydrogen-bond acceptors (Lipinski definition) is 2. The summed E-state index contributed by atoms with van der Waals surface area (Å²) in [6, 6.07) is 13.4. The van der Waals surface area contributed by atoms with Gasteiger partial charge in [-0.05, 0) is 71.7 Å². The predicted octanol–water partition coefficient (Wildman–Crippen LogP) is 4.62. The average molecular weight is 460 g/mol. The van der Waals surface area contributed by atoms with Gasteiger partial charge in [-0.2, -0.15) is 0 Å². The standard InChI is InChI=1S/C21H21IN2O2/c22-18-8-4-3-7-17(18)20(25)23-16-10-9-14-11-12-24(19(14)13-16)21(26)15-5-1-2-6-15/h3-4,7-10,13,15H,1-2,5-6,11-12H2,(H,23,25). The lowest BCUT2D eigenvalue weighted by molar-refractivity contribution is -0.122. The number of anilines is 2. The Bertz CT molecular complexity index is 859. The smallest absolute Gasteiger partial charge is 0.256 e. The minimum Gasteiger partial charge on any atom is -0.322 e. The van der Waals surface area contributed by atoms with E-state index in [4.69, 9.17) is 0 Å². The van der Waals surface area contributed by atoms with E-state index in [-0.39, 0.29) is 17.7 Å². The molecule has 1 aliphatic heterocycles. The van der Waals surface area contributed by atoms with Crippen molar-refractivity contribution in [2.24, 2.45) is 5.92 Å². The van der Waals surface area contributed by atoms with E-state index >= 15 is 0 Å². The van der Waals surface area contributed by atoms with Crippen LogP contribution in [0.15, 0.2) is 42.5 Å². The van der Waals surface area contributed by atoms with Crippen molar-refractivity contribution >= 4 is 45.8 Å². The van der Waals surface area contributed by atoms with E-state index in [1.54, 1.807) is 0 Å². The van der Waals surface area contributed by atoms with E-state index in [1.165, 1.54) is 5.56 Å². The van der Waals surface area contributed by atoms with Gasteiger partial charge in [-0.3, -0.25) is 9.59 Å². The maximum Gasteiger partial charge on any atom is 0.256 e. The van der Waals surface area contributed by atoms with E-state index in [1.807, 2.05) is 47.4 Å². The van der Waals surface area contributed by atoms with E-state index in [2.05, 4.69) is 27.9 Å². The van der Waals surface area contributed by atoms with E-state index in [0.29, 0.717) is 5.56 Å². The molecule has 0 atom stereocenters. The molecule has 4 rings (SSSR count). The average Bonchev–Trinajstić information content (AvgIpc) is 3.31. The van der Waals surface area contributed by atoms with Gasteiger partial charge in [-0.25, -0.2) is 0 Å². The maximum atomic E-state index is 12.8. The lowest BCUT2D eigenvalue weighted by atomic mass is 10.1. The van der Waals surface area contributed by atoms with Crippen molar-refractivity contribution in [3.05, 3.63) is 57.2 Å². The molecule has 1 saturated carbocycles. The first-order valence-electron chi connectivity index (χ1n) is 9.13. The van der Waals surface area contributed by atoms with Gasteiger partial charge in [0.1, 0.15) is 0 Å². The number of benzene rings is 2. The summed E-state index contributed by atoms with van der Waals surface area (Å²) in [4.78, 5) is 27.3. The fourth-order valence-electron chi connectivity index (χ4n) is 3.92. The molecule has 1 aliphatic carbocycles. The zero-order valence-corrected chi connectivity index (χ0v) is 16.7. The third-order valence-corrected chi connectivity index (χ3v) is 6.27. The van der Waals surface area contributed by atoms with Crippen LogP contribution in [-0.2, 0) is 11.2 Å². The fraction of sp³-hybridized carbons (Fsp3) is 0.333. The molecule has 2 aliphatic rings. The Labute approximate surface area is 167 Å². The minimum absolute atomic E-state index is 0.124. The monoisotopic (exact) mass is 460 g/mol. The van der Waals surface area contributed by atoms with Crippen LogP contribution in [0.2, 0.25) is 0 Å². The van der Waals surface area contributed by atoms with Crippen molar-refractivity contribution in [2.45, 2.75) is 32.1 Å². The number of halogens is 1. The molecule has 1 fully saturated rings. The van der Waals surface area contributed by atoms with Gasteiger partial charge < -0.3 is 10.2 Å². The number of nitrogens with one attached hydrogen (secondary N) is 1. The SMILES string of the molecule is O=C(Nc1ccc2c(c1)N(C(=O)C1CCCC1)CC2)c1ccccc1I. The van der Waals surface area contributed by atoms with Crippen LogP contribution in [0.4, 0.5) is 11.4 Å². The highest BCUT2D eigenvalue weighted by molar-refractivity contribution is 14.1. The molecule has 134 valence electrons. The Morgan fingerprint density at radius 2 is 1.85 bits per heavy atom. The van der Waals surface area contributed by atoms with Crippen molar-refractivity contribution in [1.82, 2.24) is 0 Å². The van der Waals surface area contributed by atoms with Crippen LogP contribution >= 0.6 is 22.6 Å². The second kappa shape index (κ2) is 7.39. The van der Waals surface area contributed by atoms with E-state index in [9.17, 15) is 9.59 Å². The van der Waals surface area contributed by atoms with Crippen LogP contribution in [0.3, 0.4) is 0 Å². The van der Waals surface area contributed by atoms with Crippen LogP contribution in [0.25, 0.3) is 0 Å². The molecule has 0 bridgehead atoms. The quantitative estimate of drug-likeness (QED) is 0.680. The number of carbonyl (C=O) groups excluding carboxylic acids is 2. The lowest BCUT2D eigenvalue weighted by Crippen LogP contribution is -2.33. The molecular weight excluding hydrogens is 439 g/mol. The van der Waals surface area contributed by atoms with Crippen LogP contribution in [0.1, 0.15) is 41.6 Å². The summed E-state index contributed by atoms with van der Waals surface area (Å²) < 4.78 is 0.918. The third-order valence-electron chi connectivity index (χ3n) is 5.33. The van der Waals surface area contributed by atoms with Crippen LogP contribution < -0.4 is 10.2 Å². The molecule has 5 heteroatoms. The second-order valence-corrected chi connectivity index (χ2v) is 8.16. The lowest BCUT2D eigenvalue weighted by Gasteiger charge is -2.21. The summed E-state index contributed by atoms with van der Waals surface area (Å²) in [7, 11) is 0. The summed E-state index contributed by atoms with van der Waals surface area (Å²) in [5, 5.41) is 2.98. The van der Waals surface area contributed by atoms with Crippen molar-refractivity contribution < 1.29 is 9.59 Å². The van der Waals surface area contributed by atoms with Crippen molar-refractivity contribution in [2.75, 3.05) is 16.8 Å². The van der Waals surface area contributed by atoms with Crippen molar-refractivity contribution in [3.63, 3.8) is 0 Å². The molecule has 1 N–H and O–H groups in total. The minimum atomic E-state index is -0.124. The highest BCUT2D eigenvalue weighted by atomic mass is 127. The molecular formula is C21H21IN2O2. The number of rotatable bonds is 3. The van der Waals surface area contributed by atoms with E-state index in [0.717, 1.165) is 53.6 Å². The maximum absolute atomic E-state index is 12.8. The molecule has 4 nitrogen and oxygen atoms in total. The Hall–Kier alpha value is -1.89. The van der Waals surface area contributed by atoms with Gasteiger partial charge in [0.15, 0.2) is 0 Å². The zero-order chi connectivity index (χ0) is 18.1. The Kier molecular flexibility index (Phi) is 4.98. The van der Waals surface area contributed by atoms with Gasteiger partial charge in [0, 0.05) is 27.4 Å². The molecule has 2 amide bonds. The molecule has 0 saturated heterocycles. The first-order chi connectivity index (χ1) is 12.6. The molecule has 1 heterocycles. The molecule has 2 aromatic rings. The molecule has 0 radical (unpaired) electrons. The number of nitrogens with zero attached hydrogens (tertiary/aromatic N) is 1. The highest BCUT2D eigenvalue weighted by Crippen LogP contribution is 2.35. The molecule has 0 spiro atoms. The normalized spacial score (nSPS) is 16.6. The number of hydrogen-bond donors (Lipinski definition) is 1.